The second-order valence-electron chi connectivity index (χ2n) is 6.49. The number of carboxylic acid groups (broad SMARTS) is 1. The summed E-state index contributed by atoms with van der Waals surface area (Å²) in [6.07, 6.45) is 0.501. The van der Waals surface area contributed by atoms with Crippen LogP contribution in [0.15, 0.2) is 48.5 Å². The Morgan fingerprint density at radius 1 is 1.00 bits per heavy atom. The van der Waals surface area contributed by atoms with Gasteiger partial charge in [0.15, 0.2) is 0 Å². The van der Waals surface area contributed by atoms with E-state index in [9.17, 15) is 19.5 Å². The smallest absolute Gasteiger partial charge is 0.335 e. The summed E-state index contributed by atoms with van der Waals surface area (Å²) in [5, 5.41) is 12.0. The van der Waals surface area contributed by atoms with Crippen molar-refractivity contribution in [2.75, 3.05) is 31.6 Å². The molecule has 146 valence electrons. The third-order valence-electron chi connectivity index (χ3n) is 4.58. The molecule has 1 saturated heterocycles. The Bertz CT molecular complexity index is 857. The molecule has 2 aromatic carbocycles. The molecule has 0 aromatic heterocycles. The first-order valence-electron chi connectivity index (χ1n) is 9.13. The molecule has 0 bridgehead atoms. The topological polar surface area (TPSA) is 95.9 Å². The van der Waals surface area contributed by atoms with Gasteiger partial charge in [0.05, 0.1) is 18.8 Å². The van der Waals surface area contributed by atoms with Crippen LogP contribution in [-0.2, 0) is 16.0 Å². The van der Waals surface area contributed by atoms with Crippen molar-refractivity contribution in [1.29, 1.82) is 0 Å². The van der Waals surface area contributed by atoms with Gasteiger partial charge in [-0.25, -0.2) is 4.79 Å². The molecule has 0 unspecified atom stereocenters. The van der Waals surface area contributed by atoms with Crippen LogP contribution < -0.4 is 5.32 Å². The minimum absolute atomic E-state index is 0.0496. The van der Waals surface area contributed by atoms with Gasteiger partial charge in [0.2, 0.25) is 5.91 Å². The van der Waals surface area contributed by atoms with Gasteiger partial charge in [0, 0.05) is 30.8 Å². The van der Waals surface area contributed by atoms with E-state index in [1.54, 1.807) is 47.4 Å². The maximum absolute atomic E-state index is 12.4. The van der Waals surface area contributed by atoms with Gasteiger partial charge in [-0.1, -0.05) is 18.2 Å². The van der Waals surface area contributed by atoms with Crippen molar-refractivity contribution in [2.45, 2.75) is 12.8 Å². The lowest BCUT2D eigenvalue weighted by Crippen LogP contribution is -2.40. The van der Waals surface area contributed by atoms with E-state index in [2.05, 4.69) is 5.32 Å². The summed E-state index contributed by atoms with van der Waals surface area (Å²) in [5.74, 6) is -1.27. The molecule has 1 heterocycles. The number of hydrogen-bond acceptors (Lipinski definition) is 4. The molecule has 0 atom stereocenters. The average molecular weight is 382 g/mol. The number of carboxylic acids is 1. The summed E-state index contributed by atoms with van der Waals surface area (Å²) < 4.78 is 5.25. The normalized spacial score (nSPS) is 13.8. The number of aromatic carboxylic acids is 1. The number of morpholine rings is 1. The van der Waals surface area contributed by atoms with E-state index in [1.807, 2.05) is 0 Å². The molecule has 0 radical (unpaired) electrons. The summed E-state index contributed by atoms with van der Waals surface area (Å²) in [6, 6.07) is 13.4. The Labute approximate surface area is 162 Å². The van der Waals surface area contributed by atoms with Crippen LogP contribution in [0.3, 0.4) is 0 Å². The van der Waals surface area contributed by atoms with Crippen LogP contribution in [0, 0.1) is 0 Å². The Morgan fingerprint density at radius 3 is 2.36 bits per heavy atom. The van der Waals surface area contributed by atoms with Crippen molar-refractivity contribution >= 4 is 23.5 Å². The number of aryl methyl sites for hydroxylation is 1. The SMILES string of the molecule is O=C(CCc1ccccc1C(=O)O)Nc1ccc(C(=O)N2CCOCC2)cc1. The molecule has 0 aliphatic carbocycles. The quantitative estimate of drug-likeness (QED) is 0.800. The van der Waals surface area contributed by atoms with Gasteiger partial charge >= 0.3 is 5.97 Å². The molecular weight excluding hydrogens is 360 g/mol. The standard InChI is InChI=1S/C21H22N2O5/c24-19(10-7-15-3-1-2-4-18(15)21(26)27)22-17-8-5-16(6-9-17)20(25)23-11-13-28-14-12-23/h1-6,8-9H,7,10-14H2,(H,22,24)(H,26,27). The molecule has 1 fully saturated rings. The molecule has 1 aliphatic heterocycles. The van der Waals surface area contributed by atoms with Crippen LogP contribution in [-0.4, -0.2) is 54.1 Å². The molecule has 0 saturated carbocycles. The van der Waals surface area contributed by atoms with Gasteiger partial charge in [0.25, 0.3) is 5.91 Å². The van der Waals surface area contributed by atoms with E-state index in [4.69, 9.17) is 4.74 Å². The molecule has 7 heteroatoms. The van der Waals surface area contributed by atoms with Gasteiger partial charge in [-0.15, -0.1) is 0 Å². The fourth-order valence-corrected chi connectivity index (χ4v) is 3.06. The number of anilines is 1. The molecule has 2 amide bonds. The number of carbonyl (C=O) groups is 3. The first-order valence-corrected chi connectivity index (χ1v) is 9.13. The minimum Gasteiger partial charge on any atom is -0.478 e. The lowest BCUT2D eigenvalue weighted by atomic mass is 10.0. The number of nitrogens with zero attached hydrogens (tertiary/aromatic N) is 1. The number of amides is 2. The Balaban J connectivity index is 1.54. The van der Waals surface area contributed by atoms with Crippen molar-refractivity contribution in [3.05, 3.63) is 65.2 Å². The number of nitrogens with one attached hydrogen (secondary N) is 1. The summed E-state index contributed by atoms with van der Waals surface area (Å²) in [4.78, 5) is 37.6. The molecule has 7 nitrogen and oxygen atoms in total. The van der Waals surface area contributed by atoms with E-state index in [0.29, 0.717) is 49.5 Å². The largest absolute Gasteiger partial charge is 0.478 e. The van der Waals surface area contributed by atoms with Crippen LogP contribution in [0.5, 0.6) is 0 Å². The highest BCUT2D eigenvalue weighted by atomic mass is 16.5. The van der Waals surface area contributed by atoms with Crippen LogP contribution in [0.4, 0.5) is 5.69 Å². The Kier molecular flexibility index (Phi) is 6.39. The third-order valence-corrected chi connectivity index (χ3v) is 4.58. The zero-order valence-corrected chi connectivity index (χ0v) is 15.4. The predicted octanol–water partition coefficient (Wildman–Crippen LogP) is 2.43. The molecule has 2 N–H and O–H groups in total. The van der Waals surface area contributed by atoms with E-state index >= 15 is 0 Å². The van der Waals surface area contributed by atoms with Crippen LogP contribution in [0.2, 0.25) is 0 Å². The molecule has 0 spiro atoms. The zero-order chi connectivity index (χ0) is 19.9. The number of hydrogen-bond donors (Lipinski definition) is 2. The first kappa shape index (κ1) is 19.6. The molecule has 3 rings (SSSR count). The molecule has 28 heavy (non-hydrogen) atoms. The van der Waals surface area contributed by atoms with Crippen molar-refractivity contribution in [1.82, 2.24) is 4.90 Å². The van der Waals surface area contributed by atoms with Crippen molar-refractivity contribution < 1.29 is 24.2 Å². The van der Waals surface area contributed by atoms with E-state index in [0.717, 1.165) is 0 Å². The van der Waals surface area contributed by atoms with Gasteiger partial charge in [-0.2, -0.15) is 0 Å². The highest BCUT2D eigenvalue weighted by Gasteiger charge is 2.18. The average Bonchev–Trinajstić information content (AvgIpc) is 2.73. The second kappa shape index (κ2) is 9.14. The first-order chi connectivity index (χ1) is 13.5. The van der Waals surface area contributed by atoms with Gasteiger partial charge in [-0.05, 0) is 42.3 Å². The third kappa shape index (κ3) is 4.95. The summed E-state index contributed by atoms with van der Waals surface area (Å²) >= 11 is 0. The van der Waals surface area contributed by atoms with Crippen molar-refractivity contribution in [2.24, 2.45) is 0 Å². The lowest BCUT2D eigenvalue weighted by molar-refractivity contribution is -0.116. The highest BCUT2D eigenvalue weighted by Crippen LogP contribution is 2.15. The predicted molar refractivity (Wildman–Crippen MR) is 104 cm³/mol. The van der Waals surface area contributed by atoms with Crippen LogP contribution in [0.1, 0.15) is 32.7 Å². The lowest BCUT2D eigenvalue weighted by Gasteiger charge is -2.26. The van der Waals surface area contributed by atoms with Crippen LogP contribution in [0.25, 0.3) is 0 Å². The van der Waals surface area contributed by atoms with E-state index < -0.39 is 5.97 Å². The maximum atomic E-state index is 12.4. The van der Waals surface area contributed by atoms with Crippen molar-refractivity contribution in [3.8, 4) is 0 Å². The number of rotatable bonds is 6. The molecule has 2 aromatic rings. The molecular formula is C21H22N2O5. The summed E-state index contributed by atoms with van der Waals surface area (Å²) in [6.45, 7) is 2.25. The molecule has 1 aliphatic rings. The summed E-state index contributed by atoms with van der Waals surface area (Å²) in [5.41, 5.74) is 1.99. The number of ether oxygens (including phenoxy) is 1. The second-order valence-corrected chi connectivity index (χ2v) is 6.49. The van der Waals surface area contributed by atoms with E-state index in [1.165, 1.54) is 6.07 Å². The monoisotopic (exact) mass is 382 g/mol. The Morgan fingerprint density at radius 2 is 1.68 bits per heavy atom. The van der Waals surface area contributed by atoms with E-state index in [-0.39, 0.29) is 23.8 Å². The maximum Gasteiger partial charge on any atom is 0.335 e. The fraction of sp³-hybridized carbons (Fsp3) is 0.286. The minimum atomic E-state index is -1.00. The van der Waals surface area contributed by atoms with Crippen molar-refractivity contribution in [3.63, 3.8) is 0 Å². The Hall–Kier alpha value is -3.19. The summed E-state index contributed by atoms with van der Waals surface area (Å²) in [7, 11) is 0. The highest BCUT2D eigenvalue weighted by molar-refractivity contribution is 5.96. The fourth-order valence-electron chi connectivity index (χ4n) is 3.06. The number of benzene rings is 2. The van der Waals surface area contributed by atoms with Crippen LogP contribution >= 0.6 is 0 Å². The van der Waals surface area contributed by atoms with Gasteiger partial charge in [0.1, 0.15) is 0 Å². The zero-order valence-electron chi connectivity index (χ0n) is 15.4. The number of carbonyl (C=O) groups excluding carboxylic acids is 2. The van der Waals surface area contributed by atoms with Gasteiger partial charge in [-0.3, -0.25) is 9.59 Å². The van der Waals surface area contributed by atoms with Gasteiger partial charge < -0.3 is 20.1 Å².